The summed E-state index contributed by atoms with van der Waals surface area (Å²) in [6, 6.07) is 25.6. The molecule has 0 fully saturated rings. The average Bonchev–Trinajstić information content (AvgIpc) is 3.14. The number of amides is 2. The van der Waals surface area contributed by atoms with Gasteiger partial charge in [-0.3, -0.25) is 9.59 Å². The minimum atomic E-state index is -0.160. The Bertz CT molecular complexity index is 1060. The second-order valence-corrected chi connectivity index (χ2v) is 8.15. The first-order valence-electron chi connectivity index (χ1n) is 10.9. The van der Waals surface area contributed by atoms with Gasteiger partial charge in [0.2, 0.25) is 5.91 Å². The zero-order valence-corrected chi connectivity index (χ0v) is 18.0. The average molecular weight is 413 g/mol. The van der Waals surface area contributed by atoms with Gasteiger partial charge in [0.1, 0.15) is 0 Å². The Morgan fingerprint density at radius 2 is 1.68 bits per heavy atom. The van der Waals surface area contributed by atoms with E-state index in [0.29, 0.717) is 12.1 Å². The van der Waals surface area contributed by atoms with Crippen LogP contribution in [0.4, 0.5) is 5.69 Å². The standard InChI is InChI=1S/C27H28N2O2/c1-3-24(21-10-6-4-7-11-21)26(30)28-18-20-14-15-23-16-19(2)29(25(23)17-20)27(31)22-12-8-5-9-13-22/h4-15,17,19,24H,3,16,18H2,1-2H3,(H,28,30)/t19-,24+/m0/s1. The van der Waals surface area contributed by atoms with E-state index in [1.165, 1.54) is 5.56 Å². The highest BCUT2D eigenvalue weighted by Gasteiger charge is 2.31. The molecule has 0 saturated carbocycles. The molecule has 0 radical (unpaired) electrons. The second-order valence-electron chi connectivity index (χ2n) is 8.15. The Hall–Kier alpha value is -3.40. The fourth-order valence-electron chi connectivity index (χ4n) is 4.36. The fourth-order valence-corrected chi connectivity index (χ4v) is 4.36. The number of hydrogen-bond acceptors (Lipinski definition) is 2. The molecule has 3 aromatic carbocycles. The lowest BCUT2D eigenvalue weighted by atomic mass is 9.95. The number of nitrogens with one attached hydrogen (secondary N) is 1. The monoisotopic (exact) mass is 412 g/mol. The number of rotatable bonds is 6. The Balaban J connectivity index is 1.50. The summed E-state index contributed by atoms with van der Waals surface area (Å²) in [4.78, 5) is 27.8. The third kappa shape index (κ3) is 4.38. The summed E-state index contributed by atoms with van der Waals surface area (Å²) in [5, 5.41) is 3.08. The van der Waals surface area contributed by atoms with E-state index in [4.69, 9.17) is 0 Å². The van der Waals surface area contributed by atoms with Crippen LogP contribution in [0.15, 0.2) is 78.9 Å². The summed E-state index contributed by atoms with van der Waals surface area (Å²) in [5.74, 6) is -0.116. The lowest BCUT2D eigenvalue weighted by Crippen LogP contribution is -2.35. The normalized spacial score (nSPS) is 15.9. The molecule has 1 aliphatic heterocycles. The van der Waals surface area contributed by atoms with Gasteiger partial charge in [-0.15, -0.1) is 0 Å². The lowest BCUT2D eigenvalue weighted by Gasteiger charge is -2.23. The third-order valence-electron chi connectivity index (χ3n) is 6.00. The molecule has 0 saturated heterocycles. The van der Waals surface area contributed by atoms with Crippen LogP contribution in [0, 0.1) is 0 Å². The minimum absolute atomic E-state index is 0.0168. The number of hydrogen-bond donors (Lipinski definition) is 1. The lowest BCUT2D eigenvalue weighted by molar-refractivity contribution is -0.122. The van der Waals surface area contributed by atoms with Crippen LogP contribution in [0.1, 0.15) is 53.2 Å². The van der Waals surface area contributed by atoms with Gasteiger partial charge in [0.15, 0.2) is 0 Å². The van der Waals surface area contributed by atoms with Crippen LogP contribution < -0.4 is 10.2 Å². The van der Waals surface area contributed by atoms with Gasteiger partial charge in [0.25, 0.3) is 5.91 Å². The molecular formula is C27H28N2O2. The number of carbonyl (C=O) groups excluding carboxylic acids is 2. The minimum Gasteiger partial charge on any atom is -0.351 e. The van der Waals surface area contributed by atoms with Crippen LogP contribution >= 0.6 is 0 Å². The molecule has 4 nitrogen and oxygen atoms in total. The van der Waals surface area contributed by atoms with E-state index in [-0.39, 0.29) is 23.8 Å². The topological polar surface area (TPSA) is 49.4 Å². The molecule has 158 valence electrons. The van der Waals surface area contributed by atoms with Gasteiger partial charge >= 0.3 is 0 Å². The van der Waals surface area contributed by atoms with Crippen LogP contribution in [0.5, 0.6) is 0 Å². The van der Waals surface area contributed by atoms with Crippen LogP contribution in [-0.2, 0) is 17.8 Å². The van der Waals surface area contributed by atoms with E-state index in [1.807, 2.05) is 84.6 Å². The highest BCUT2D eigenvalue weighted by atomic mass is 16.2. The smallest absolute Gasteiger partial charge is 0.258 e. The molecule has 2 atom stereocenters. The number of benzene rings is 3. The molecule has 0 unspecified atom stereocenters. The van der Waals surface area contributed by atoms with Gasteiger partial charge in [-0.05, 0) is 54.7 Å². The van der Waals surface area contributed by atoms with Crippen molar-refractivity contribution in [2.45, 2.75) is 45.2 Å². The van der Waals surface area contributed by atoms with Gasteiger partial charge in [-0.25, -0.2) is 0 Å². The summed E-state index contributed by atoms with van der Waals surface area (Å²) in [6.45, 7) is 4.55. The fraction of sp³-hybridized carbons (Fsp3) is 0.259. The van der Waals surface area contributed by atoms with Crippen molar-refractivity contribution in [3.63, 3.8) is 0 Å². The number of nitrogens with zero attached hydrogens (tertiary/aromatic N) is 1. The molecule has 1 N–H and O–H groups in total. The maximum absolute atomic E-state index is 13.1. The summed E-state index contributed by atoms with van der Waals surface area (Å²) >= 11 is 0. The largest absolute Gasteiger partial charge is 0.351 e. The van der Waals surface area contributed by atoms with E-state index in [0.717, 1.165) is 29.7 Å². The molecule has 0 aromatic heterocycles. The van der Waals surface area contributed by atoms with E-state index < -0.39 is 0 Å². The first kappa shape index (κ1) is 20.9. The molecule has 1 aliphatic rings. The number of carbonyl (C=O) groups is 2. The quantitative estimate of drug-likeness (QED) is 0.613. The van der Waals surface area contributed by atoms with Crippen molar-refractivity contribution >= 4 is 17.5 Å². The molecule has 0 aliphatic carbocycles. The van der Waals surface area contributed by atoms with E-state index in [2.05, 4.69) is 18.3 Å². The van der Waals surface area contributed by atoms with Crippen molar-refractivity contribution in [1.29, 1.82) is 0 Å². The summed E-state index contributed by atoms with van der Waals surface area (Å²) in [7, 11) is 0. The highest BCUT2D eigenvalue weighted by molar-refractivity contribution is 6.07. The van der Waals surface area contributed by atoms with Crippen molar-refractivity contribution < 1.29 is 9.59 Å². The molecule has 31 heavy (non-hydrogen) atoms. The summed E-state index contributed by atoms with van der Waals surface area (Å²) in [6.07, 6.45) is 1.59. The Kier molecular flexibility index (Phi) is 6.17. The molecule has 0 spiro atoms. The van der Waals surface area contributed by atoms with Crippen LogP contribution in [0.25, 0.3) is 0 Å². The zero-order valence-electron chi connectivity index (χ0n) is 18.0. The Morgan fingerprint density at radius 3 is 2.35 bits per heavy atom. The van der Waals surface area contributed by atoms with E-state index >= 15 is 0 Å². The third-order valence-corrected chi connectivity index (χ3v) is 6.00. The molecule has 1 heterocycles. The van der Waals surface area contributed by atoms with Crippen LogP contribution in [-0.4, -0.2) is 17.9 Å². The number of anilines is 1. The van der Waals surface area contributed by atoms with Crippen molar-refractivity contribution in [3.05, 3.63) is 101 Å². The molecule has 3 aromatic rings. The SMILES string of the molecule is CC[C@@H](C(=O)NCc1ccc2c(c1)N(C(=O)c1ccccc1)[C@@H](C)C2)c1ccccc1. The molecule has 4 rings (SSSR count). The molecular weight excluding hydrogens is 384 g/mol. The van der Waals surface area contributed by atoms with Crippen LogP contribution in [0.2, 0.25) is 0 Å². The number of fused-ring (bicyclic) bond motifs is 1. The Morgan fingerprint density at radius 1 is 1.00 bits per heavy atom. The predicted octanol–water partition coefficient (Wildman–Crippen LogP) is 5.09. The van der Waals surface area contributed by atoms with Gasteiger partial charge in [0.05, 0.1) is 5.92 Å². The van der Waals surface area contributed by atoms with E-state index in [1.54, 1.807) is 0 Å². The second kappa shape index (κ2) is 9.17. The van der Waals surface area contributed by atoms with Crippen molar-refractivity contribution in [3.8, 4) is 0 Å². The Labute approximate surface area is 183 Å². The highest BCUT2D eigenvalue weighted by Crippen LogP contribution is 2.34. The van der Waals surface area contributed by atoms with Gasteiger partial charge in [0, 0.05) is 23.8 Å². The molecule has 4 heteroatoms. The summed E-state index contributed by atoms with van der Waals surface area (Å²) in [5.41, 5.74) is 4.83. The van der Waals surface area contributed by atoms with E-state index in [9.17, 15) is 9.59 Å². The first-order valence-corrected chi connectivity index (χ1v) is 10.9. The molecule has 2 amide bonds. The van der Waals surface area contributed by atoms with Gasteiger partial charge < -0.3 is 10.2 Å². The zero-order chi connectivity index (χ0) is 21.8. The summed E-state index contributed by atoms with van der Waals surface area (Å²) < 4.78 is 0. The van der Waals surface area contributed by atoms with Crippen molar-refractivity contribution in [1.82, 2.24) is 5.32 Å². The predicted molar refractivity (Wildman–Crippen MR) is 124 cm³/mol. The van der Waals surface area contributed by atoms with Crippen molar-refractivity contribution in [2.75, 3.05) is 4.90 Å². The first-order chi connectivity index (χ1) is 15.1. The maximum atomic E-state index is 13.1. The maximum Gasteiger partial charge on any atom is 0.258 e. The molecule has 0 bridgehead atoms. The van der Waals surface area contributed by atoms with Crippen LogP contribution in [0.3, 0.4) is 0 Å². The van der Waals surface area contributed by atoms with Crippen molar-refractivity contribution in [2.24, 2.45) is 0 Å². The van der Waals surface area contributed by atoms with Gasteiger partial charge in [-0.2, -0.15) is 0 Å². The van der Waals surface area contributed by atoms with Gasteiger partial charge in [-0.1, -0.05) is 67.6 Å².